The summed E-state index contributed by atoms with van der Waals surface area (Å²) in [5.41, 5.74) is 3.80. The number of amides is 4. The van der Waals surface area contributed by atoms with Gasteiger partial charge in [0.15, 0.2) is 23.3 Å². The summed E-state index contributed by atoms with van der Waals surface area (Å²) in [4.78, 5) is 81.6. The number of nitrogens with zero attached hydrogens (tertiary/aromatic N) is 6. The molecule has 3 aromatic heterocycles. The maximum atomic E-state index is 11.6. The Hall–Kier alpha value is -8.68. The van der Waals surface area contributed by atoms with Crippen LogP contribution >= 0.6 is 0 Å². The molecule has 0 radical (unpaired) electrons. The molecule has 0 saturated heterocycles. The van der Waals surface area contributed by atoms with E-state index >= 15 is 0 Å². The summed E-state index contributed by atoms with van der Waals surface area (Å²) >= 11 is 0. The molecule has 0 aliphatic carbocycles. The highest BCUT2D eigenvalue weighted by molar-refractivity contribution is 6.08. The SMILES string of the molecule is O=C(O)Nc1ccc2c(c1)-c1nc-2nc2[nH]c(nc3nc(nc4[nH]c(n1)c1cc(NC(=O)O)ccc41)-c1ccc(NC(=O)O)cc1-3)c1cc(NC(=O)O)ccc21. The van der Waals surface area contributed by atoms with Crippen LogP contribution in [0.3, 0.4) is 0 Å². The van der Waals surface area contributed by atoms with Gasteiger partial charge in [0, 0.05) is 66.5 Å². The molecular formula is C36H22N12O8. The Balaban J connectivity index is 1.43. The second-order valence-corrected chi connectivity index (χ2v) is 12.4. The molecule has 10 N–H and O–H groups in total. The zero-order valence-electron chi connectivity index (χ0n) is 28.0. The van der Waals surface area contributed by atoms with Crippen LogP contribution in [-0.4, -0.2) is 84.7 Å². The van der Waals surface area contributed by atoms with E-state index in [-0.39, 0.29) is 68.6 Å². The van der Waals surface area contributed by atoms with E-state index in [4.69, 9.17) is 29.9 Å². The van der Waals surface area contributed by atoms with Crippen LogP contribution in [0.1, 0.15) is 0 Å². The Morgan fingerprint density at radius 2 is 0.679 bits per heavy atom. The lowest BCUT2D eigenvalue weighted by atomic mass is 10.1. The summed E-state index contributed by atoms with van der Waals surface area (Å²) in [6.07, 6.45) is -5.13. The number of fused-ring (bicyclic) bond motifs is 20. The summed E-state index contributed by atoms with van der Waals surface area (Å²) < 4.78 is 0. The first kappa shape index (κ1) is 33.2. The third-order valence-electron chi connectivity index (χ3n) is 8.84. The number of carboxylic acid groups (broad SMARTS) is 4. The molecule has 0 fully saturated rings. The van der Waals surface area contributed by atoms with Crippen LogP contribution < -0.4 is 21.3 Å². The maximum Gasteiger partial charge on any atom is 0.409 e. The molecule has 0 saturated carbocycles. The molecule has 4 aromatic carbocycles. The van der Waals surface area contributed by atoms with Crippen molar-refractivity contribution in [1.82, 2.24) is 39.9 Å². The van der Waals surface area contributed by atoms with Gasteiger partial charge in [0.2, 0.25) is 0 Å². The average molecular weight is 751 g/mol. The highest BCUT2D eigenvalue weighted by Crippen LogP contribution is 2.39. The van der Waals surface area contributed by atoms with Crippen LogP contribution in [0, 0.1) is 0 Å². The molecule has 2 aliphatic rings. The van der Waals surface area contributed by atoms with Gasteiger partial charge < -0.3 is 30.4 Å². The normalized spacial score (nSPS) is 11.4. The molecule has 56 heavy (non-hydrogen) atoms. The number of nitrogens with one attached hydrogen (secondary N) is 6. The van der Waals surface area contributed by atoms with E-state index in [0.29, 0.717) is 43.8 Å². The van der Waals surface area contributed by atoms with Crippen molar-refractivity contribution in [3.8, 4) is 45.6 Å². The van der Waals surface area contributed by atoms with Crippen LogP contribution in [0.25, 0.3) is 89.7 Å². The average Bonchev–Trinajstić information content (AvgIpc) is 3.85. The predicted octanol–water partition coefficient (Wildman–Crippen LogP) is 7.23. The van der Waals surface area contributed by atoms with Crippen LogP contribution in [0.15, 0.2) is 72.8 Å². The predicted molar refractivity (Wildman–Crippen MR) is 203 cm³/mol. The first-order valence-corrected chi connectivity index (χ1v) is 16.3. The van der Waals surface area contributed by atoms with Gasteiger partial charge in [0.25, 0.3) is 0 Å². The van der Waals surface area contributed by atoms with Gasteiger partial charge in [0.1, 0.15) is 22.6 Å². The van der Waals surface area contributed by atoms with Gasteiger partial charge >= 0.3 is 24.4 Å². The molecule has 4 amide bonds. The van der Waals surface area contributed by atoms with Crippen molar-refractivity contribution in [2.45, 2.75) is 0 Å². The number of benzene rings is 4. The van der Waals surface area contributed by atoms with Crippen molar-refractivity contribution in [3.05, 3.63) is 72.8 Å². The van der Waals surface area contributed by atoms with Crippen LogP contribution in [0.2, 0.25) is 0 Å². The fourth-order valence-electron chi connectivity index (χ4n) is 6.60. The number of hydrogen-bond acceptors (Lipinski definition) is 10. The molecule has 0 atom stereocenters. The van der Waals surface area contributed by atoms with Gasteiger partial charge in [-0.2, -0.15) is 0 Å². The van der Waals surface area contributed by atoms with Gasteiger partial charge in [-0.15, -0.1) is 0 Å². The smallest absolute Gasteiger partial charge is 0.409 e. The Bertz CT molecular complexity index is 2880. The van der Waals surface area contributed by atoms with Crippen molar-refractivity contribution < 1.29 is 39.6 Å². The Morgan fingerprint density at radius 3 is 1.04 bits per heavy atom. The summed E-state index contributed by atoms with van der Waals surface area (Å²) in [6, 6.07) is 19.0. The topological polar surface area (TPSA) is 306 Å². The summed E-state index contributed by atoms with van der Waals surface area (Å²) in [7, 11) is 0. The van der Waals surface area contributed by atoms with E-state index in [1.165, 1.54) is 0 Å². The third kappa shape index (κ3) is 5.85. The number of anilines is 4. The number of aromatic amines is 2. The van der Waals surface area contributed by atoms with Crippen molar-refractivity contribution in [2.24, 2.45) is 0 Å². The van der Waals surface area contributed by atoms with Gasteiger partial charge in [-0.3, -0.25) is 21.3 Å². The van der Waals surface area contributed by atoms with Gasteiger partial charge in [-0.1, -0.05) is 0 Å². The third-order valence-corrected chi connectivity index (χ3v) is 8.84. The van der Waals surface area contributed by atoms with Crippen molar-refractivity contribution in [1.29, 1.82) is 0 Å². The molecule has 5 heterocycles. The molecule has 2 aliphatic heterocycles. The highest BCUT2D eigenvalue weighted by atomic mass is 16.4. The van der Waals surface area contributed by atoms with Gasteiger partial charge in [0.05, 0.1) is 0 Å². The number of rotatable bonds is 4. The second kappa shape index (κ2) is 12.5. The van der Waals surface area contributed by atoms with Crippen LogP contribution in [0.5, 0.6) is 0 Å². The summed E-state index contributed by atoms with van der Waals surface area (Å²) in [6.45, 7) is 0. The zero-order valence-corrected chi connectivity index (χ0v) is 28.0. The number of aromatic nitrogens is 8. The molecule has 274 valence electrons. The Kier molecular flexibility index (Phi) is 7.39. The first-order chi connectivity index (χ1) is 26.9. The minimum absolute atomic E-state index is 0.137. The fraction of sp³-hybridized carbons (Fsp3) is 0. The van der Waals surface area contributed by atoms with E-state index in [1.807, 2.05) is 0 Å². The molecule has 20 heteroatoms. The molecule has 8 bridgehead atoms. The molecule has 9 rings (SSSR count). The molecule has 0 spiro atoms. The fourth-order valence-corrected chi connectivity index (χ4v) is 6.60. The Morgan fingerprint density at radius 1 is 0.375 bits per heavy atom. The van der Waals surface area contributed by atoms with E-state index in [0.717, 1.165) is 0 Å². The highest BCUT2D eigenvalue weighted by Gasteiger charge is 2.24. The molecule has 0 unspecified atom stereocenters. The number of carbonyl (C=O) groups is 4. The first-order valence-electron chi connectivity index (χ1n) is 16.3. The van der Waals surface area contributed by atoms with Crippen LogP contribution in [0.4, 0.5) is 41.9 Å². The van der Waals surface area contributed by atoms with E-state index in [1.54, 1.807) is 72.8 Å². The maximum absolute atomic E-state index is 11.6. The monoisotopic (exact) mass is 750 g/mol. The molecule has 7 aromatic rings. The zero-order chi connectivity index (χ0) is 38.8. The largest absolute Gasteiger partial charge is 0.465 e. The van der Waals surface area contributed by atoms with Crippen LogP contribution in [-0.2, 0) is 0 Å². The second-order valence-electron chi connectivity index (χ2n) is 12.4. The lowest BCUT2D eigenvalue weighted by molar-refractivity contribution is 0.208. The van der Waals surface area contributed by atoms with Crippen molar-refractivity contribution in [3.63, 3.8) is 0 Å². The van der Waals surface area contributed by atoms with E-state index < -0.39 is 24.4 Å². The van der Waals surface area contributed by atoms with Gasteiger partial charge in [-0.05, 0) is 72.8 Å². The van der Waals surface area contributed by atoms with Crippen molar-refractivity contribution in [2.75, 3.05) is 21.3 Å². The standard InChI is InChI=1S/C36H22N12O8/c49-33(50)37-13-1-5-17-21(9-13)29-43-25(17)41-26-18-6-2-14(38-34(51)52)10-22(18)31(44-26)48-32-24-12-16(40-36(55)56)4-8-20(24)28(46-32)42-27-19-7-3-15(39-35(53)54)11-23(19)30(45-27)47-29/h1-12,37-40H,(H,49,50)(H,51,52)(H,53,54)(H,55,56)(H2,41,42,43,44,45,46,47,48). The Labute approximate surface area is 310 Å². The minimum Gasteiger partial charge on any atom is -0.465 e. The summed E-state index contributed by atoms with van der Waals surface area (Å²) in [5.74, 6) is 0.649. The minimum atomic E-state index is -1.28. The van der Waals surface area contributed by atoms with E-state index in [9.17, 15) is 39.6 Å². The van der Waals surface area contributed by atoms with E-state index in [2.05, 4.69) is 31.2 Å². The molecular weight excluding hydrogens is 728 g/mol. The number of hydrogen-bond donors (Lipinski definition) is 10. The lowest BCUT2D eigenvalue weighted by Crippen LogP contribution is -2.07. The van der Waals surface area contributed by atoms with Crippen molar-refractivity contribution >= 4 is 91.3 Å². The van der Waals surface area contributed by atoms with Gasteiger partial charge in [-0.25, -0.2) is 49.1 Å². The molecule has 20 nitrogen and oxygen atoms in total. The lowest BCUT2D eigenvalue weighted by Gasteiger charge is -2.04. The number of H-pyrrole nitrogens is 2. The quantitative estimate of drug-likeness (QED) is 0.0848. The summed E-state index contributed by atoms with van der Waals surface area (Å²) in [5, 5.41) is 49.0.